The number of aryl methyl sites for hydroxylation is 1. The zero-order valence-corrected chi connectivity index (χ0v) is 12.3. The average molecular weight is 285 g/mol. The van der Waals surface area contributed by atoms with Gasteiger partial charge in [-0.15, -0.1) is 5.10 Å². The van der Waals surface area contributed by atoms with Gasteiger partial charge in [-0.3, -0.25) is 9.89 Å². The molecule has 21 heavy (non-hydrogen) atoms. The first-order chi connectivity index (χ1) is 10.1. The van der Waals surface area contributed by atoms with E-state index >= 15 is 0 Å². The fraction of sp³-hybridized carbons (Fsp3) is 0.533. The number of hydrogen-bond donors (Lipinski definition) is 1. The van der Waals surface area contributed by atoms with Crippen molar-refractivity contribution in [3.05, 3.63) is 35.2 Å². The lowest BCUT2D eigenvalue weighted by molar-refractivity contribution is 0.0630. The van der Waals surface area contributed by atoms with Gasteiger partial charge in [0.2, 0.25) is 5.82 Å². The van der Waals surface area contributed by atoms with Crippen LogP contribution in [-0.2, 0) is 6.54 Å². The van der Waals surface area contributed by atoms with E-state index in [1.807, 2.05) is 4.90 Å². The van der Waals surface area contributed by atoms with Crippen LogP contribution in [0.25, 0.3) is 0 Å². The molecule has 2 aromatic rings. The van der Waals surface area contributed by atoms with Crippen molar-refractivity contribution in [3.63, 3.8) is 0 Å². The van der Waals surface area contributed by atoms with Gasteiger partial charge < -0.3 is 9.47 Å². The lowest BCUT2D eigenvalue weighted by Gasteiger charge is -2.34. The van der Waals surface area contributed by atoms with Crippen LogP contribution in [0, 0.1) is 6.92 Å². The topological polar surface area (TPSA) is 66.8 Å². The Bertz CT molecular complexity index is 697. The number of aromatic nitrogens is 4. The maximum Gasteiger partial charge on any atom is 0.294 e. The monoisotopic (exact) mass is 285 g/mol. The van der Waals surface area contributed by atoms with E-state index in [0.29, 0.717) is 18.3 Å². The predicted octanol–water partition coefficient (Wildman–Crippen LogP) is 2.01. The summed E-state index contributed by atoms with van der Waals surface area (Å²) in [5.74, 6) is 1.58. The number of rotatable bonds is 2. The molecule has 3 heterocycles. The number of aromatic amines is 1. The van der Waals surface area contributed by atoms with Gasteiger partial charge in [0.05, 0.1) is 6.04 Å². The SMILES string of the molecule is Cc1ccc2n1CCN(C(=O)c1n[nH]c(C3CC3)n1)C2C. The molecule has 6 nitrogen and oxygen atoms in total. The molecule has 2 aliphatic rings. The molecule has 4 rings (SSSR count). The number of carbonyl (C=O) groups is 1. The molecule has 1 fully saturated rings. The lowest BCUT2D eigenvalue weighted by atomic mass is 10.1. The quantitative estimate of drug-likeness (QED) is 0.917. The molecule has 0 bridgehead atoms. The Morgan fingerprint density at radius 3 is 2.90 bits per heavy atom. The summed E-state index contributed by atoms with van der Waals surface area (Å²) in [6.07, 6.45) is 2.30. The first kappa shape index (κ1) is 12.6. The summed E-state index contributed by atoms with van der Waals surface area (Å²) in [5, 5.41) is 7.03. The second-order valence-electron chi connectivity index (χ2n) is 6.04. The van der Waals surface area contributed by atoms with Crippen LogP contribution in [0.3, 0.4) is 0 Å². The first-order valence-electron chi connectivity index (χ1n) is 7.54. The Balaban J connectivity index is 1.59. The average Bonchev–Trinajstić information content (AvgIpc) is 3.09. The summed E-state index contributed by atoms with van der Waals surface area (Å²) < 4.78 is 2.28. The number of H-pyrrole nitrogens is 1. The zero-order valence-electron chi connectivity index (χ0n) is 12.3. The van der Waals surface area contributed by atoms with Crippen molar-refractivity contribution in [2.24, 2.45) is 0 Å². The van der Waals surface area contributed by atoms with Crippen molar-refractivity contribution in [2.45, 2.75) is 45.2 Å². The molecular weight excluding hydrogens is 266 g/mol. The molecule has 1 amide bonds. The molecule has 1 unspecified atom stereocenters. The summed E-state index contributed by atoms with van der Waals surface area (Å²) in [5.41, 5.74) is 2.43. The van der Waals surface area contributed by atoms with Gasteiger partial charge in [0.1, 0.15) is 5.82 Å². The number of fused-ring (bicyclic) bond motifs is 1. The summed E-state index contributed by atoms with van der Waals surface area (Å²) in [7, 11) is 0. The van der Waals surface area contributed by atoms with Crippen molar-refractivity contribution in [1.29, 1.82) is 0 Å². The molecule has 2 aromatic heterocycles. The van der Waals surface area contributed by atoms with Crippen LogP contribution < -0.4 is 0 Å². The maximum atomic E-state index is 12.7. The highest BCUT2D eigenvalue weighted by Gasteiger charge is 2.33. The van der Waals surface area contributed by atoms with Crippen LogP contribution in [0.2, 0.25) is 0 Å². The molecule has 1 saturated carbocycles. The number of carbonyl (C=O) groups excluding carboxylic acids is 1. The van der Waals surface area contributed by atoms with E-state index in [0.717, 1.165) is 25.2 Å². The van der Waals surface area contributed by atoms with E-state index in [-0.39, 0.29) is 11.9 Å². The summed E-state index contributed by atoms with van der Waals surface area (Å²) in [6, 6.07) is 4.27. The van der Waals surface area contributed by atoms with Gasteiger partial charge in [-0.25, -0.2) is 4.98 Å². The molecular formula is C15H19N5O. The van der Waals surface area contributed by atoms with Crippen LogP contribution in [0.15, 0.2) is 12.1 Å². The first-order valence-corrected chi connectivity index (χ1v) is 7.54. The Labute approximate surface area is 123 Å². The molecule has 1 aliphatic carbocycles. The molecule has 1 N–H and O–H groups in total. The highest BCUT2D eigenvalue weighted by molar-refractivity contribution is 5.90. The van der Waals surface area contributed by atoms with E-state index in [2.05, 4.69) is 45.7 Å². The lowest BCUT2D eigenvalue weighted by Crippen LogP contribution is -2.41. The minimum Gasteiger partial charge on any atom is -0.345 e. The van der Waals surface area contributed by atoms with Crippen molar-refractivity contribution >= 4 is 5.91 Å². The van der Waals surface area contributed by atoms with Crippen molar-refractivity contribution < 1.29 is 4.79 Å². The van der Waals surface area contributed by atoms with Crippen molar-refractivity contribution in [3.8, 4) is 0 Å². The molecule has 0 radical (unpaired) electrons. The number of nitrogens with one attached hydrogen (secondary N) is 1. The Kier molecular flexibility index (Phi) is 2.67. The van der Waals surface area contributed by atoms with Crippen LogP contribution in [0.1, 0.15) is 59.6 Å². The minimum atomic E-state index is -0.0734. The Morgan fingerprint density at radius 1 is 1.33 bits per heavy atom. The summed E-state index contributed by atoms with van der Waals surface area (Å²) in [4.78, 5) is 18.9. The molecule has 1 atom stereocenters. The van der Waals surface area contributed by atoms with Gasteiger partial charge in [0.25, 0.3) is 5.91 Å². The van der Waals surface area contributed by atoms with E-state index in [4.69, 9.17) is 0 Å². The minimum absolute atomic E-state index is 0.0582. The van der Waals surface area contributed by atoms with Gasteiger partial charge in [-0.2, -0.15) is 0 Å². The Hall–Kier alpha value is -2.11. The number of nitrogens with zero attached hydrogens (tertiary/aromatic N) is 4. The predicted molar refractivity (Wildman–Crippen MR) is 77.0 cm³/mol. The highest BCUT2D eigenvalue weighted by Crippen LogP contribution is 2.38. The van der Waals surface area contributed by atoms with Gasteiger partial charge in [-0.05, 0) is 38.8 Å². The van der Waals surface area contributed by atoms with Gasteiger partial charge in [-0.1, -0.05) is 0 Å². The third kappa shape index (κ3) is 1.97. The van der Waals surface area contributed by atoms with Gasteiger partial charge in [0, 0.05) is 30.4 Å². The third-order valence-electron chi connectivity index (χ3n) is 4.61. The van der Waals surface area contributed by atoms with Crippen molar-refractivity contribution in [1.82, 2.24) is 24.6 Å². The largest absolute Gasteiger partial charge is 0.345 e. The summed E-state index contributed by atoms with van der Waals surface area (Å²) >= 11 is 0. The summed E-state index contributed by atoms with van der Waals surface area (Å²) in [6.45, 7) is 5.71. The van der Waals surface area contributed by atoms with E-state index in [1.165, 1.54) is 11.4 Å². The molecule has 0 spiro atoms. The molecule has 1 aliphatic heterocycles. The van der Waals surface area contributed by atoms with Gasteiger partial charge >= 0.3 is 0 Å². The van der Waals surface area contributed by atoms with E-state index in [1.54, 1.807) is 0 Å². The van der Waals surface area contributed by atoms with Crippen molar-refractivity contribution in [2.75, 3.05) is 6.54 Å². The van der Waals surface area contributed by atoms with Crippen LogP contribution in [0.5, 0.6) is 0 Å². The van der Waals surface area contributed by atoms with E-state index < -0.39 is 0 Å². The fourth-order valence-corrected chi connectivity index (χ4v) is 3.14. The van der Waals surface area contributed by atoms with Gasteiger partial charge in [0.15, 0.2) is 0 Å². The number of amides is 1. The number of hydrogen-bond acceptors (Lipinski definition) is 3. The molecule has 110 valence electrons. The van der Waals surface area contributed by atoms with Crippen LogP contribution >= 0.6 is 0 Å². The van der Waals surface area contributed by atoms with Crippen LogP contribution in [0.4, 0.5) is 0 Å². The second kappa shape index (κ2) is 4.44. The zero-order chi connectivity index (χ0) is 14.6. The molecule has 0 aromatic carbocycles. The maximum absolute atomic E-state index is 12.7. The van der Waals surface area contributed by atoms with Crippen LogP contribution in [-0.4, -0.2) is 37.1 Å². The third-order valence-corrected chi connectivity index (χ3v) is 4.61. The molecule has 6 heteroatoms. The Morgan fingerprint density at radius 2 is 2.14 bits per heavy atom. The highest BCUT2D eigenvalue weighted by atomic mass is 16.2. The normalized spacial score (nSPS) is 21.4. The van der Waals surface area contributed by atoms with E-state index in [9.17, 15) is 4.79 Å². The molecule has 0 saturated heterocycles. The second-order valence-corrected chi connectivity index (χ2v) is 6.04. The smallest absolute Gasteiger partial charge is 0.294 e. The fourth-order valence-electron chi connectivity index (χ4n) is 3.14. The standard InChI is InChI=1S/C15H19N5O/c1-9-3-6-12-10(2)20(8-7-19(9)12)15(21)14-16-13(17-18-14)11-4-5-11/h3,6,10-11H,4-5,7-8H2,1-2H3,(H,16,17,18).